The van der Waals surface area contributed by atoms with Gasteiger partial charge in [0.1, 0.15) is 17.9 Å². The lowest BCUT2D eigenvalue weighted by Crippen LogP contribution is -2.36. The van der Waals surface area contributed by atoms with Gasteiger partial charge in [0.25, 0.3) is 0 Å². The van der Waals surface area contributed by atoms with E-state index in [0.717, 1.165) is 12.5 Å². The highest BCUT2D eigenvalue weighted by Crippen LogP contribution is 2.56. The topological polar surface area (TPSA) is 75.6 Å². The maximum atomic E-state index is 14.0. The normalized spacial score (nSPS) is 18.2. The zero-order valence-electron chi connectivity index (χ0n) is 25.7. The predicted molar refractivity (Wildman–Crippen MR) is 160 cm³/mol. The molecule has 1 aliphatic heterocycles. The van der Waals surface area contributed by atoms with E-state index in [0.29, 0.717) is 17.9 Å². The highest BCUT2D eigenvalue weighted by molar-refractivity contribution is 7.48. The van der Waals surface area contributed by atoms with E-state index >= 15 is 0 Å². The van der Waals surface area contributed by atoms with E-state index in [1.54, 1.807) is 65.9 Å². The number of phosphoric acid groups is 1. The summed E-state index contributed by atoms with van der Waals surface area (Å²) in [6, 6.07) is 8.18. The van der Waals surface area contributed by atoms with E-state index in [-0.39, 0.29) is 38.4 Å². The molecule has 0 saturated carbocycles. The molecular weight excluding hydrogens is 590 g/mol. The Morgan fingerprint density at radius 2 is 1.67 bits per heavy atom. The van der Waals surface area contributed by atoms with Gasteiger partial charge < -0.3 is 9.47 Å². The van der Waals surface area contributed by atoms with Crippen LogP contribution in [0.3, 0.4) is 0 Å². The lowest BCUT2D eigenvalue weighted by molar-refractivity contribution is -0.139. The first kappa shape index (κ1) is 34.6. The molecule has 1 aliphatic rings. The third-order valence-corrected chi connectivity index (χ3v) is 9.10. The molecule has 1 unspecified atom stereocenters. The van der Waals surface area contributed by atoms with E-state index in [1.807, 2.05) is 19.1 Å². The van der Waals surface area contributed by atoms with E-state index in [4.69, 9.17) is 23.0 Å². The minimum atomic E-state index is -4.58. The number of benzene rings is 1. The molecule has 0 radical (unpaired) electrons. The van der Waals surface area contributed by atoms with Crippen molar-refractivity contribution < 1.29 is 40.8 Å². The Kier molecular flexibility index (Phi) is 11.0. The van der Waals surface area contributed by atoms with Crippen molar-refractivity contribution in [2.75, 3.05) is 19.8 Å². The molecule has 1 aromatic carbocycles. The van der Waals surface area contributed by atoms with Crippen LogP contribution in [0.1, 0.15) is 82.2 Å². The summed E-state index contributed by atoms with van der Waals surface area (Å²) in [4.78, 5) is 6.97. The molecule has 3 rings (SSSR count). The van der Waals surface area contributed by atoms with Crippen LogP contribution in [0.5, 0.6) is 5.75 Å². The van der Waals surface area contributed by atoms with Crippen molar-refractivity contribution >= 4 is 25.1 Å². The van der Waals surface area contributed by atoms with Crippen LogP contribution < -0.4 is 4.74 Å². The average molecular weight is 634 g/mol. The Bertz CT molecular complexity index is 1260. The smallest absolute Gasteiger partial charge is 0.475 e. The molecule has 0 bridgehead atoms. The van der Waals surface area contributed by atoms with E-state index in [2.05, 4.69) is 4.99 Å². The van der Waals surface area contributed by atoms with Crippen molar-refractivity contribution in [3.63, 3.8) is 0 Å². The molecule has 0 fully saturated rings. The second-order valence-corrected chi connectivity index (χ2v) is 15.5. The first-order valence-electron chi connectivity index (χ1n) is 14.0. The number of aryl methyl sites for hydroxylation is 3. The number of alkyl halides is 3. The molecule has 1 aromatic heterocycles. The van der Waals surface area contributed by atoms with Gasteiger partial charge >= 0.3 is 14.0 Å². The van der Waals surface area contributed by atoms with Crippen molar-refractivity contribution in [3.05, 3.63) is 51.2 Å². The number of hydrogen-bond acceptors (Lipinski definition) is 8. The fourth-order valence-corrected chi connectivity index (χ4v) is 7.17. The Labute approximate surface area is 251 Å². The molecule has 0 N–H and O–H groups in total. The zero-order chi connectivity index (χ0) is 31.4. The maximum Gasteiger partial charge on any atom is 0.475 e. The molecule has 0 saturated heterocycles. The molecule has 7 nitrogen and oxygen atoms in total. The monoisotopic (exact) mass is 633 g/mol. The fourth-order valence-electron chi connectivity index (χ4n) is 4.36. The van der Waals surface area contributed by atoms with E-state index in [9.17, 15) is 17.7 Å². The predicted octanol–water partition coefficient (Wildman–Crippen LogP) is 8.96. The highest BCUT2D eigenvalue weighted by atomic mass is 32.1. The first-order valence-corrected chi connectivity index (χ1v) is 16.3. The molecule has 0 spiro atoms. The van der Waals surface area contributed by atoms with E-state index in [1.165, 1.54) is 15.8 Å². The summed E-state index contributed by atoms with van der Waals surface area (Å²) in [5.41, 5.74) is -2.97. The van der Waals surface area contributed by atoms with Gasteiger partial charge in [-0.05, 0) is 104 Å². The van der Waals surface area contributed by atoms with Gasteiger partial charge in [0, 0.05) is 16.7 Å². The van der Waals surface area contributed by atoms with Crippen molar-refractivity contribution in [2.24, 2.45) is 4.99 Å². The Balaban J connectivity index is 1.71. The quantitative estimate of drug-likeness (QED) is 0.162. The summed E-state index contributed by atoms with van der Waals surface area (Å²) in [6.45, 7) is 14.3. The van der Waals surface area contributed by atoms with Gasteiger partial charge in [0.2, 0.25) is 0 Å². The molecule has 1 atom stereocenters. The lowest BCUT2D eigenvalue weighted by Gasteiger charge is -2.33. The standard InChI is InChI=1S/C30H43F3NO6PS/c1-21-11-13-24(42-21)10-9-17-36-26-14-12-23(18-25(26)30(31,32)33)15-16-29(19-37-22(2)34-29)20-38-41(35,39-27(3,4)5)40-28(6,7)8/h11-14,18H,9-10,15-17,19-20H2,1-8H3. The SMILES string of the molecule is CC1=NC(CCc2ccc(OCCCc3ccc(C)s3)c(C(F)(F)F)c2)(COP(=O)(OC(C)(C)C)OC(C)(C)C)CO1. The number of halogens is 3. The number of aliphatic imine (C=N–C) groups is 1. The van der Waals surface area contributed by atoms with Gasteiger partial charge in [0.05, 0.1) is 30.0 Å². The van der Waals surface area contributed by atoms with Gasteiger partial charge in [0.15, 0.2) is 5.90 Å². The van der Waals surface area contributed by atoms with Crippen LogP contribution in [0.25, 0.3) is 0 Å². The van der Waals surface area contributed by atoms with Crippen LogP contribution in [0.15, 0.2) is 35.3 Å². The van der Waals surface area contributed by atoms with E-state index < -0.39 is 36.3 Å². The lowest BCUT2D eigenvalue weighted by atomic mass is 9.93. The molecule has 12 heteroatoms. The Hall–Kier alpha value is -1.91. The number of hydrogen-bond donors (Lipinski definition) is 0. The van der Waals surface area contributed by atoms with Crippen LogP contribution in [-0.2, 0) is 41.9 Å². The van der Waals surface area contributed by atoms with Crippen LogP contribution in [0, 0.1) is 6.92 Å². The zero-order valence-corrected chi connectivity index (χ0v) is 27.4. The third kappa shape index (κ3) is 11.0. The Morgan fingerprint density at radius 3 is 2.19 bits per heavy atom. The van der Waals surface area contributed by atoms with Crippen molar-refractivity contribution in [1.82, 2.24) is 0 Å². The largest absolute Gasteiger partial charge is 0.493 e. The summed E-state index contributed by atoms with van der Waals surface area (Å²) in [6.07, 6.45) is -2.69. The van der Waals surface area contributed by atoms with Gasteiger partial charge in [-0.2, -0.15) is 13.2 Å². The molecule has 42 heavy (non-hydrogen) atoms. The number of phosphoric ester groups is 1. The summed E-state index contributed by atoms with van der Waals surface area (Å²) >= 11 is 1.68. The number of thiophene rings is 1. The molecular formula is C30H43F3NO6PS. The third-order valence-electron chi connectivity index (χ3n) is 6.06. The molecule has 2 heterocycles. The maximum absolute atomic E-state index is 14.0. The van der Waals surface area contributed by atoms with Gasteiger partial charge in [-0.1, -0.05) is 6.07 Å². The van der Waals surface area contributed by atoms with Crippen molar-refractivity contribution in [1.29, 1.82) is 0 Å². The highest BCUT2D eigenvalue weighted by Gasteiger charge is 2.43. The minimum absolute atomic E-state index is 0.126. The number of nitrogens with zero attached hydrogens (tertiary/aromatic N) is 1. The van der Waals surface area contributed by atoms with Gasteiger partial charge in [-0.25, -0.2) is 9.56 Å². The number of rotatable bonds is 13. The summed E-state index contributed by atoms with van der Waals surface area (Å²) in [5, 5.41) is 0. The molecule has 236 valence electrons. The van der Waals surface area contributed by atoms with Crippen LogP contribution in [-0.4, -0.2) is 42.5 Å². The molecule has 2 aromatic rings. The fraction of sp³-hybridized carbons (Fsp3) is 0.633. The number of ether oxygens (including phenoxy) is 2. The van der Waals surface area contributed by atoms with Crippen molar-refractivity contribution in [2.45, 2.75) is 104 Å². The van der Waals surface area contributed by atoms with Gasteiger partial charge in [-0.15, -0.1) is 11.3 Å². The minimum Gasteiger partial charge on any atom is -0.493 e. The molecule has 0 aliphatic carbocycles. The van der Waals surface area contributed by atoms with Crippen LogP contribution in [0.2, 0.25) is 0 Å². The summed E-state index contributed by atoms with van der Waals surface area (Å²) < 4.78 is 84.0. The van der Waals surface area contributed by atoms with Crippen LogP contribution >= 0.6 is 19.2 Å². The first-order chi connectivity index (χ1) is 19.3. The van der Waals surface area contributed by atoms with Gasteiger partial charge in [-0.3, -0.25) is 13.6 Å². The second-order valence-electron chi connectivity index (χ2n) is 12.6. The van der Waals surface area contributed by atoms with Crippen LogP contribution in [0.4, 0.5) is 13.2 Å². The van der Waals surface area contributed by atoms with Crippen molar-refractivity contribution in [3.8, 4) is 5.75 Å². The summed E-state index contributed by atoms with van der Waals surface area (Å²) in [5.74, 6) is 0.226. The second kappa shape index (κ2) is 13.4. The molecule has 0 amide bonds. The Morgan fingerprint density at radius 1 is 1.00 bits per heavy atom. The average Bonchev–Trinajstić information content (AvgIpc) is 3.42. The summed E-state index contributed by atoms with van der Waals surface area (Å²) in [7, 11) is -4.03.